The first-order valence-corrected chi connectivity index (χ1v) is 9.41. The molecule has 2 heterocycles. The Hall–Kier alpha value is -0.930. The lowest BCUT2D eigenvalue weighted by Gasteiger charge is -2.42. The number of nitrogens with zero attached hydrogens (tertiary/aromatic N) is 1. The summed E-state index contributed by atoms with van der Waals surface area (Å²) in [5, 5.41) is 16.9. The Labute approximate surface area is 138 Å². The van der Waals surface area contributed by atoms with E-state index in [2.05, 4.69) is 33.6 Å². The molecule has 0 aromatic rings. The quantitative estimate of drug-likeness (QED) is 0.592. The maximum Gasteiger partial charge on any atom is 0.0784 e. The summed E-state index contributed by atoms with van der Waals surface area (Å²) in [5.74, 6) is 2.04. The van der Waals surface area contributed by atoms with Crippen LogP contribution in [0.4, 0.5) is 0 Å². The largest absolute Gasteiger partial charge is 0.301 e. The molecule has 5 unspecified atom stereocenters. The van der Waals surface area contributed by atoms with Gasteiger partial charge in [-0.2, -0.15) is 5.26 Å². The van der Waals surface area contributed by atoms with Crippen molar-refractivity contribution in [2.75, 3.05) is 6.67 Å². The van der Waals surface area contributed by atoms with Gasteiger partial charge < -0.3 is 5.32 Å². The first-order valence-electron chi connectivity index (χ1n) is 9.41. The second-order valence-electron chi connectivity index (χ2n) is 8.26. The van der Waals surface area contributed by atoms with Crippen molar-refractivity contribution in [1.82, 2.24) is 21.5 Å². The molecule has 5 heteroatoms. The summed E-state index contributed by atoms with van der Waals surface area (Å²) in [6.07, 6.45) is 11.5. The van der Waals surface area contributed by atoms with Gasteiger partial charge in [0.1, 0.15) is 0 Å². The van der Waals surface area contributed by atoms with Crippen LogP contribution in [0.25, 0.3) is 0 Å². The molecule has 0 spiro atoms. The van der Waals surface area contributed by atoms with Crippen molar-refractivity contribution < 1.29 is 0 Å². The molecule has 124 valence electrons. The lowest BCUT2D eigenvalue weighted by molar-refractivity contribution is 0.162. The number of nitriles is 1. The van der Waals surface area contributed by atoms with Gasteiger partial charge in [-0.3, -0.25) is 10.7 Å². The Kier molecular flexibility index (Phi) is 3.31. The van der Waals surface area contributed by atoms with E-state index in [4.69, 9.17) is 0 Å². The molecule has 5 nitrogen and oxygen atoms in total. The van der Waals surface area contributed by atoms with Crippen molar-refractivity contribution in [3.8, 4) is 6.07 Å². The van der Waals surface area contributed by atoms with E-state index >= 15 is 0 Å². The van der Waals surface area contributed by atoms with Crippen molar-refractivity contribution in [2.45, 2.75) is 63.2 Å². The molecule has 0 amide bonds. The Morgan fingerprint density at radius 2 is 1.96 bits per heavy atom. The number of hydrazine groups is 1. The van der Waals surface area contributed by atoms with Crippen LogP contribution in [0, 0.1) is 34.5 Å². The van der Waals surface area contributed by atoms with Gasteiger partial charge in [-0.05, 0) is 56.8 Å². The zero-order chi connectivity index (χ0) is 15.4. The molecule has 3 aliphatic carbocycles. The highest BCUT2D eigenvalue weighted by atomic mass is 15.5. The molecule has 23 heavy (non-hydrogen) atoms. The second kappa shape index (κ2) is 5.29. The van der Waals surface area contributed by atoms with Crippen molar-refractivity contribution in [2.24, 2.45) is 23.2 Å². The van der Waals surface area contributed by atoms with Crippen LogP contribution in [-0.4, -0.2) is 24.9 Å². The van der Waals surface area contributed by atoms with Gasteiger partial charge in [-0.1, -0.05) is 11.6 Å². The molecule has 4 N–H and O–H groups in total. The minimum atomic E-state index is -0.0763. The maximum atomic E-state index is 9.54. The Balaban J connectivity index is 1.41. The van der Waals surface area contributed by atoms with Gasteiger partial charge in [-0.25, -0.2) is 5.43 Å². The lowest BCUT2D eigenvalue weighted by atomic mass is 9.73. The summed E-state index contributed by atoms with van der Waals surface area (Å²) in [6.45, 7) is 0.876. The fraction of sp³-hybridized carbons (Fsp3) is 0.833. The normalized spacial score (nSPS) is 45.0. The molecule has 0 bridgehead atoms. The Bertz CT molecular complexity index is 556. The third-order valence-electron chi connectivity index (χ3n) is 6.85. The van der Waals surface area contributed by atoms with Gasteiger partial charge >= 0.3 is 0 Å². The van der Waals surface area contributed by atoms with Crippen LogP contribution < -0.4 is 21.5 Å². The van der Waals surface area contributed by atoms with Crippen LogP contribution in [0.15, 0.2) is 11.6 Å². The number of nitrogens with one attached hydrogen (secondary N) is 4. The fourth-order valence-electron chi connectivity index (χ4n) is 5.22. The number of allylic oxidation sites excluding steroid dienone is 1. The number of hydrogen-bond donors (Lipinski definition) is 4. The molecule has 5 rings (SSSR count). The minimum absolute atomic E-state index is 0.0763. The van der Waals surface area contributed by atoms with Crippen LogP contribution in [0.3, 0.4) is 0 Å². The molecule has 5 atom stereocenters. The van der Waals surface area contributed by atoms with Crippen molar-refractivity contribution in [1.29, 1.82) is 5.26 Å². The summed E-state index contributed by atoms with van der Waals surface area (Å²) in [7, 11) is 0. The number of hydrogen-bond acceptors (Lipinski definition) is 5. The summed E-state index contributed by atoms with van der Waals surface area (Å²) in [5.41, 5.74) is 8.44. The first kappa shape index (κ1) is 14.4. The summed E-state index contributed by atoms with van der Waals surface area (Å²) < 4.78 is 0. The average molecular weight is 313 g/mol. The Morgan fingerprint density at radius 1 is 1.09 bits per heavy atom. The van der Waals surface area contributed by atoms with E-state index in [9.17, 15) is 5.26 Å². The van der Waals surface area contributed by atoms with Gasteiger partial charge in [-0.15, -0.1) is 0 Å². The van der Waals surface area contributed by atoms with Crippen molar-refractivity contribution >= 4 is 0 Å². The van der Waals surface area contributed by atoms with E-state index in [1.54, 1.807) is 0 Å². The van der Waals surface area contributed by atoms with Crippen molar-refractivity contribution in [3.05, 3.63) is 11.6 Å². The molecule has 5 aliphatic rings. The summed E-state index contributed by atoms with van der Waals surface area (Å²) in [6, 6.07) is 3.72. The van der Waals surface area contributed by atoms with Gasteiger partial charge in [0.25, 0.3) is 0 Å². The van der Waals surface area contributed by atoms with Crippen LogP contribution in [0.1, 0.15) is 44.9 Å². The highest BCUT2D eigenvalue weighted by molar-refractivity contribution is 5.33. The predicted molar refractivity (Wildman–Crippen MR) is 87.7 cm³/mol. The Morgan fingerprint density at radius 3 is 2.70 bits per heavy atom. The zero-order valence-corrected chi connectivity index (χ0v) is 13.6. The molecule has 0 radical (unpaired) electrons. The topological polar surface area (TPSA) is 71.9 Å². The maximum absolute atomic E-state index is 9.54. The molecule has 2 saturated carbocycles. The zero-order valence-electron chi connectivity index (χ0n) is 13.6. The second-order valence-corrected chi connectivity index (χ2v) is 8.26. The highest BCUT2D eigenvalue weighted by Crippen LogP contribution is 2.54. The van der Waals surface area contributed by atoms with Gasteiger partial charge in [0.05, 0.1) is 17.6 Å². The SMILES string of the molecule is N#CC1(C2=CC(C3NCNC4NNC(C5CC5)C43)CCC2)CC1. The van der Waals surface area contributed by atoms with Gasteiger partial charge in [0.15, 0.2) is 0 Å². The van der Waals surface area contributed by atoms with E-state index < -0.39 is 0 Å². The average Bonchev–Trinajstić information content (AvgIpc) is 3.52. The molecule has 2 saturated heterocycles. The molecule has 4 fully saturated rings. The van der Waals surface area contributed by atoms with E-state index in [0.717, 1.165) is 31.8 Å². The number of rotatable bonds is 3. The van der Waals surface area contributed by atoms with Crippen LogP contribution in [-0.2, 0) is 0 Å². The number of fused-ring (bicyclic) bond motifs is 1. The lowest BCUT2D eigenvalue weighted by Crippen LogP contribution is -2.62. The van der Waals surface area contributed by atoms with Crippen LogP contribution in [0.2, 0.25) is 0 Å². The molecular weight excluding hydrogens is 286 g/mol. The standard InChI is InChI=1S/C18H27N5/c19-9-18(6-7-18)13-3-1-2-12(8-13)15-14-16(11-4-5-11)22-23-17(14)21-10-20-15/h8,11-12,14-17,20-23H,1-7,10H2. The predicted octanol–water partition coefficient (Wildman–Crippen LogP) is 1.36. The summed E-state index contributed by atoms with van der Waals surface area (Å²) in [4.78, 5) is 0. The van der Waals surface area contributed by atoms with E-state index in [-0.39, 0.29) is 5.41 Å². The van der Waals surface area contributed by atoms with E-state index in [0.29, 0.717) is 30.1 Å². The smallest absolute Gasteiger partial charge is 0.0784 e. The highest BCUT2D eigenvalue weighted by Gasteiger charge is 2.52. The molecule has 0 aromatic carbocycles. The minimum Gasteiger partial charge on any atom is -0.301 e. The summed E-state index contributed by atoms with van der Waals surface area (Å²) >= 11 is 0. The van der Waals surface area contributed by atoms with Gasteiger partial charge in [0, 0.05) is 24.7 Å². The third-order valence-corrected chi connectivity index (χ3v) is 6.85. The molecular formula is C18H27N5. The monoisotopic (exact) mass is 313 g/mol. The van der Waals surface area contributed by atoms with Gasteiger partial charge in [0.2, 0.25) is 0 Å². The fourth-order valence-corrected chi connectivity index (χ4v) is 5.22. The molecule has 2 aliphatic heterocycles. The third kappa shape index (κ3) is 2.35. The first-order chi connectivity index (χ1) is 11.3. The molecule has 0 aromatic heterocycles. The van der Waals surface area contributed by atoms with Crippen LogP contribution in [0.5, 0.6) is 0 Å². The van der Waals surface area contributed by atoms with Crippen LogP contribution >= 0.6 is 0 Å². The van der Waals surface area contributed by atoms with E-state index in [1.165, 1.54) is 31.3 Å². The van der Waals surface area contributed by atoms with E-state index in [1.807, 2.05) is 0 Å². The van der Waals surface area contributed by atoms with Crippen molar-refractivity contribution in [3.63, 3.8) is 0 Å².